The fourth-order valence-corrected chi connectivity index (χ4v) is 4.03. The van der Waals surface area contributed by atoms with Crippen LogP contribution in [0.2, 0.25) is 0 Å². The highest BCUT2D eigenvalue weighted by Crippen LogP contribution is 2.38. The van der Waals surface area contributed by atoms with Crippen molar-refractivity contribution in [2.24, 2.45) is 5.92 Å². The predicted molar refractivity (Wildman–Crippen MR) is 105 cm³/mol. The van der Waals surface area contributed by atoms with E-state index >= 15 is 0 Å². The molecule has 1 aromatic carbocycles. The average molecular weight is 387 g/mol. The molecule has 2 fully saturated rings. The Morgan fingerprint density at radius 1 is 1.36 bits per heavy atom. The zero-order valence-electron chi connectivity index (χ0n) is 16.6. The number of nitrogens with one attached hydrogen (secondary N) is 2. The Kier molecular flexibility index (Phi) is 6.21. The van der Waals surface area contributed by atoms with Crippen LogP contribution < -0.4 is 15.4 Å². The third kappa shape index (κ3) is 4.29. The van der Waals surface area contributed by atoms with Crippen molar-refractivity contribution in [3.63, 3.8) is 0 Å². The van der Waals surface area contributed by atoms with Gasteiger partial charge in [0.05, 0.1) is 6.61 Å². The molecule has 1 aliphatic carbocycles. The third-order valence-corrected chi connectivity index (χ3v) is 5.70. The highest BCUT2D eigenvalue weighted by atomic mass is 16.5. The SMILES string of the molecule is Cc1cccc(OCCCNC(=O)CN2C(=O)N[C@@]3(CCCC[C@@H]3C)C2=O)c1. The molecule has 1 saturated carbocycles. The summed E-state index contributed by atoms with van der Waals surface area (Å²) in [5.74, 6) is 0.296. The smallest absolute Gasteiger partial charge is 0.325 e. The lowest BCUT2D eigenvalue weighted by molar-refractivity contribution is -0.137. The molecule has 7 heteroatoms. The van der Waals surface area contributed by atoms with E-state index < -0.39 is 11.6 Å². The molecule has 1 aromatic rings. The van der Waals surface area contributed by atoms with Crippen LogP contribution in [0.3, 0.4) is 0 Å². The lowest BCUT2D eigenvalue weighted by Crippen LogP contribution is -2.54. The number of ether oxygens (including phenoxy) is 1. The van der Waals surface area contributed by atoms with E-state index in [9.17, 15) is 14.4 Å². The number of carbonyl (C=O) groups is 3. The summed E-state index contributed by atoms with van der Waals surface area (Å²) in [6.45, 7) is 4.66. The quantitative estimate of drug-likeness (QED) is 0.555. The van der Waals surface area contributed by atoms with Gasteiger partial charge in [0.1, 0.15) is 17.8 Å². The molecular weight excluding hydrogens is 358 g/mol. The van der Waals surface area contributed by atoms with Crippen molar-refractivity contribution in [2.45, 2.75) is 51.5 Å². The Hall–Kier alpha value is -2.57. The Bertz CT molecular complexity index is 751. The van der Waals surface area contributed by atoms with E-state index in [1.807, 2.05) is 38.1 Å². The molecular formula is C21H29N3O4. The van der Waals surface area contributed by atoms with Gasteiger partial charge < -0.3 is 15.4 Å². The van der Waals surface area contributed by atoms with Crippen LogP contribution in [0.4, 0.5) is 4.79 Å². The van der Waals surface area contributed by atoms with Crippen molar-refractivity contribution in [1.29, 1.82) is 0 Å². The third-order valence-electron chi connectivity index (χ3n) is 5.70. The number of rotatable bonds is 7. The summed E-state index contributed by atoms with van der Waals surface area (Å²) in [4.78, 5) is 38.4. The van der Waals surface area contributed by atoms with Crippen molar-refractivity contribution in [3.05, 3.63) is 29.8 Å². The van der Waals surface area contributed by atoms with Crippen molar-refractivity contribution in [3.8, 4) is 5.75 Å². The number of nitrogens with zero attached hydrogens (tertiary/aromatic N) is 1. The molecule has 152 valence electrons. The molecule has 0 radical (unpaired) electrons. The molecule has 1 saturated heterocycles. The minimum Gasteiger partial charge on any atom is -0.494 e. The zero-order valence-corrected chi connectivity index (χ0v) is 16.6. The summed E-state index contributed by atoms with van der Waals surface area (Å²) in [5, 5.41) is 5.62. The number of hydrogen-bond donors (Lipinski definition) is 2. The summed E-state index contributed by atoms with van der Waals surface area (Å²) >= 11 is 0. The van der Waals surface area contributed by atoms with Crippen molar-refractivity contribution in [1.82, 2.24) is 15.5 Å². The molecule has 1 heterocycles. The normalized spacial score (nSPS) is 24.4. The van der Waals surface area contributed by atoms with E-state index in [4.69, 9.17) is 4.74 Å². The zero-order chi connectivity index (χ0) is 20.1. The molecule has 2 aliphatic rings. The lowest BCUT2D eigenvalue weighted by Gasteiger charge is -2.36. The number of hydrogen-bond acceptors (Lipinski definition) is 4. The second-order valence-electron chi connectivity index (χ2n) is 7.81. The van der Waals surface area contributed by atoms with E-state index in [1.54, 1.807) is 0 Å². The Morgan fingerprint density at radius 2 is 2.18 bits per heavy atom. The number of imide groups is 1. The van der Waals surface area contributed by atoms with Crippen LogP contribution in [0.15, 0.2) is 24.3 Å². The van der Waals surface area contributed by atoms with Gasteiger partial charge >= 0.3 is 6.03 Å². The van der Waals surface area contributed by atoms with E-state index in [-0.39, 0.29) is 24.3 Å². The highest BCUT2D eigenvalue weighted by Gasteiger charge is 2.55. The van der Waals surface area contributed by atoms with Gasteiger partial charge in [-0.2, -0.15) is 0 Å². The van der Waals surface area contributed by atoms with Crippen molar-refractivity contribution < 1.29 is 19.1 Å². The van der Waals surface area contributed by atoms with E-state index in [1.165, 1.54) is 0 Å². The van der Waals surface area contributed by atoms with Crippen LogP contribution in [-0.2, 0) is 9.59 Å². The van der Waals surface area contributed by atoms with Crippen LogP contribution in [0.5, 0.6) is 5.75 Å². The van der Waals surface area contributed by atoms with Gasteiger partial charge in [0.25, 0.3) is 5.91 Å². The molecule has 1 spiro atoms. The van der Waals surface area contributed by atoms with E-state index in [0.717, 1.165) is 35.5 Å². The molecule has 3 rings (SSSR count). The molecule has 7 nitrogen and oxygen atoms in total. The molecule has 2 N–H and O–H groups in total. The number of urea groups is 1. The van der Waals surface area contributed by atoms with Gasteiger partial charge in [-0.05, 0) is 49.8 Å². The molecule has 0 aromatic heterocycles. The Labute approximate surface area is 165 Å². The Morgan fingerprint density at radius 3 is 2.93 bits per heavy atom. The second-order valence-corrected chi connectivity index (χ2v) is 7.81. The topological polar surface area (TPSA) is 87.7 Å². The van der Waals surface area contributed by atoms with Gasteiger partial charge in [-0.15, -0.1) is 0 Å². The van der Waals surface area contributed by atoms with Gasteiger partial charge in [0.2, 0.25) is 5.91 Å². The fraction of sp³-hybridized carbons (Fsp3) is 0.571. The van der Waals surface area contributed by atoms with Gasteiger partial charge in [0.15, 0.2) is 0 Å². The van der Waals surface area contributed by atoms with Crippen molar-refractivity contribution in [2.75, 3.05) is 19.7 Å². The van der Waals surface area contributed by atoms with Gasteiger partial charge in [0, 0.05) is 6.54 Å². The standard InChI is InChI=1S/C21H29N3O4/c1-15-7-5-9-17(13-15)28-12-6-11-22-18(25)14-24-19(26)21(23-20(24)27)10-4-3-8-16(21)2/h5,7,9,13,16H,3-4,6,8,10-12,14H2,1-2H3,(H,22,25)(H,23,27)/t16-,21+/m0/s1. The Balaban J connectivity index is 1.42. The first-order chi connectivity index (χ1) is 13.4. The summed E-state index contributed by atoms with van der Waals surface area (Å²) in [5.41, 5.74) is 0.307. The van der Waals surface area contributed by atoms with E-state index in [0.29, 0.717) is 26.0 Å². The van der Waals surface area contributed by atoms with Crippen LogP contribution in [0.1, 0.15) is 44.6 Å². The summed E-state index contributed by atoms with van der Waals surface area (Å²) in [6, 6.07) is 7.33. The summed E-state index contributed by atoms with van der Waals surface area (Å²) < 4.78 is 5.64. The minimum atomic E-state index is -0.822. The van der Waals surface area contributed by atoms with Gasteiger partial charge in [-0.1, -0.05) is 31.9 Å². The van der Waals surface area contributed by atoms with Gasteiger partial charge in [-0.25, -0.2) is 4.79 Å². The minimum absolute atomic E-state index is 0.0875. The molecule has 2 atom stereocenters. The summed E-state index contributed by atoms with van der Waals surface area (Å²) in [6.07, 6.45) is 4.18. The fourth-order valence-electron chi connectivity index (χ4n) is 4.03. The number of carbonyl (C=O) groups excluding carboxylic acids is 3. The first-order valence-electron chi connectivity index (χ1n) is 10.0. The maximum absolute atomic E-state index is 12.8. The molecule has 0 unspecified atom stereocenters. The number of benzene rings is 1. The molecule has 0 bridgehead atoms. The largest absolute Gasteiger partial charge is 0.494 e. The number of aryl methyl sites for hydroxylation is 1. The monoisotopic (exact) mass is 387 g/mol. The van der Waals surface area contributed by atoms with Gasteiger partial charge in [-0.3, -0.25) is 14.5 Å². The van der Waals surface area contributed by atoms with Crippen LogP contribution in [0, 0.1) is 12.8 Å². The average Bonchev–Trinajstić information content (AvgIpc) is 2.89. The predicted octanol–water partition coefficient (Wildman–Crippen LogP) is 2.38. The first kappa shape index (κ1) is 20.2. The second kappa shape index (κ2) is 8.63. The summed E-state index contributed by atoms with van der Waals surface area (Å²) in [7, 11) is 0. The maximum atomic E-state index is 12.8. The highest BCUT2D eigenvalue weighted by molar-refractivity contribution is 6.09. The maximum Gasteiger partial charge on any atom is 0.325 e. The number of amides is 4. The van der Waals surface area contributed by atoms with Crippen LogP contribution in [0.25, 0.3) is 0 Å². The van der Waals surface area contributed by atoms with Crippen LogP contribution in [-0.4, -0.2) is 48.0 Å². The molecule has 4 amide bonds. The first-order valence-corrected chi connectivity index (χ1v) is 10.0. The van der Waals surface area contributed by atoms with Crippen LogP contribution >= 0.6 is 0 Å². The van der Waals surface area contributed by atoms with E-state index in [2.05, 4.69) is 10.6 Å². The molecule has 28 heavy (non-hydrogen) atoms. The lowest BCUT2D eigenvalue weighted by atomic mass is 9.73. The van der Waals surface area contributed by atoms with Crippen molar-refractivity contribution >= 4 is 17.8 Å². The molecule has 1 aliphatic heterocycles.